The van der Waals surface area contributed by atoms with Crippen LogP contribution in [0.3, 0.4) is 0 Å². The lowest BCUT2D eigenvalue weighted by Crippen LogP contribution is -2.29. The molecule has 2 aromatic carbocycles. The van der Waals surface area contributed by atoms with Crippen molar-refractivity contribution in [3.63, 3.8) is 0 Å². The molecular formula is C24H21ClF3N5O2. The molecule has 0 N–H and O–H groups in total. The maximum Gasteiger partial charge on any atom is 0.417 e. The van der Waals surface area contributed by atoms with Gasteiger partial charge in [0.2, 0.25) is 11.7 Å². The van der Waals surface area contributed by atoms with Crippen molar-refractivity contribution in [2.75, 3.05) is 0 Å². The molecule has 1 saturated carbocycles. The van der Waals surface area contributed by atoms with Crippen molar-refractivity contribution >= 4 is 11.6 Å². The molecule has 0 aliphatic heterocycles. The molecule has 0 unspecified atom stereocenters. The van der Waals surface area contributed by atoms with Gasteiger partial charge in [-0.15, -0.1) is 10.2 Å². The van der Waals surface area contributed by atoms with Crippen LogP contribution >= 0.6 is 11.6 Å². The van der Waals surface area contributed by atoms with Crippen molar-refractivity contribution < 1.29 is 22.4 Å². The van der Waals surface area contributed by atoms with Crippen molar-refractivity contribution in [2.24, 2.45) is 7.05 Å². The number of nitrogens with zero attached hydrogens (tertiary/aromatic N) is 5. The second kappa shape index (κ2) is 8.37. The summed E-state index contributed by atoms with van der Waals surface area (Å²) in [7, 11) is 1.60. The second-order valence-electron chi connectivity index (χ2n) is 8.93. The molecule has 0 spiro atoms. The van der Waals surface area contributed by atoms with Crippen molar-refractivity contribution in [1.82, 2.24) is 24.9 Å². The Labute approximate surface area is 203 Å². The first-order valence-electron chi connectivity index (χ1n) is 10.9. The molecule has 1 aliphatic carbocycles. The zero-order valence-corrected chi connectivity index (χ0v) is 19.9. The van der Waals surface area contributed by atoms with Crippen LogP contribution in [0.5, 0.6) is 5.75 Å². The van der Waals surface area contributed by atoms with Crippen LogP contribution in [-0.2, 0) is 18.8 Å². The van der Waals surface area contributed by atoms with Crippen LogP contribution in [0.2, 0.25) is 5.02 Å². The molecule has 182 valence electrons. The Morgan fingerprint density at radius 3 is 2.51 bits per heavy atom. The lowest BCUT2D eigenvalue weighted by Gasteiger charge is -2.26. The highest BCUT2D eigenvalue weighted by Crippen LogP contribution is 2.42. The third-order valence-corrected chi connectivity index (χ3v) is 6.04. The molecule has 5 rings (SSSR count). The summed E-state index contributed by atoms with van der Waals surface area (Å²) in [5.41, 5.74) is -1.40. The summed E-state index contributed by atoms with van der Waals surface area (Å²) in [6, 6.07) is 10.3. The van der Waals surface area contributed by atoms with Gasteiger partial charge in [-0.2, -0.15) is 18.2 Å². The lowest BCUT2D eigenvalue weighted by atomic mass is 10.1. The minimum atomic E-state index is -4.53. The normalized spacial score (nSPS) is 14.4. The summed E-state index contributed by atoms with van der Waals surface area (Å²) < 4.78 is 53.9. The Bertz CT molecular complexity index is 1390. The van der Waals surface area contributed by atoms with Gasteiger partial charge in [-0.05, 0) is 51.0 Å². The average molecular weight is 504 g/mol. The van der Waals surface area contributed by atoms with Crippen LogP contribution in [0.15, 0.2) is 47.0 Å². The summed E-state index contributed by atoms with van der Waals surface area (Å²) in [6.07, 6.45) is -2.50. The first kappa shape index (κ1) is 23.3. The van der Waals surface area contributed by atoms with Crippen molar-refractivity contribution in [3.8, 4) is 28.5 Å². The molecule has 0 amide bonds. The standard InChI is InChI=1S/C24H21ClF3N5O2/c1-23(2,22-31-30-20(33(22)3)15-6-4-5-7-17(15)24(26,27)28)34-18-11-10-14(25)12-16(18)19-29-21(35-32-19)13-8-9-13/h4-7,10-13H,8-9H2,1-3H3. The molecule has 35 heavy (non-hydrogen) atoms. The van der Waals surface area contributed by atoms with Crippen molar-refractivity contribution in [3.05, 3.63) is 64.8 Å². The van der Waals surface area contributed by atoms with Gasteiger partial charge in [0.15, 0.2) is 17.2 Å². The Morgan fingerprint density at radius 2 is 1.80 bits per heavy atom. The Balaban J connectivity index is 1.50. The zero-order chi connectivity index (χ0) is 25.0. The maximum absolute atomic E-state index is 13.6. The average Bonchev–Trinajstić information content (AvgIpc) is 3.39. The van der Waals surface area contributed by atoms with E-state index in [1.54, 1.807) is 39.1 Å². The molecule has 11 heteroatoms. The number of ether oxygens (including phenoxy) is 1. The summed E-state index contributed by atoms with van der Waals surface area (Å²) in [5, 5.41) is 12.8. The molecule has 1 fully saturated rings. The van der Waals surface area contributed by atoms with Crippen LogP contribution in [-0.4, -0.2) is 24.9 Å². The van der Waals surface area contributed by atoms with Gasteiger partial charge < -0.3 is 13.8 Å². The summed E-state index contributed by atoms with van der Waals surface area (Å²) in [5.74, 6) is 2.03. The number of benzene rings is 2. The first-order valence-corrected chi connectivity index (χ1v) is 11.3. The second-order valence-corrected chi connectivity index (χ2v) is 9.37. The van der Waals surface area contributed by atoms with E-state index in [9.17, 15) is 13.2 Å². The van der Waals surface area contributed by atoms with Crippen molar-refractivity contribution in [1.29, 1.82) is 0 Å². The largest absolute Gasteiger partial charge is 0.479 e. The quantitative estimate of drug-likeness (QED) is 0.303. The molecule has 0 bridgehead atoms. The fraction of sp³-hybridized carbons (Fsp3) is 0.333. The van der Waals surface area contributed by atoms with E-state index in [2.05, 4.69) is 20.3 Å². The molecular weight excluding hydrogens is 483 g/mol. The zero-order valence-electron chi connectivity index (χ0n) is 19.1. The third kappa shape index (κ3) is 4.50. The van der Waals surface area contributed by atoms with Gasteiger partial charge in [0.1, 0.15) is 5.75 Å². The predicted octanol–water partition coefficient (Wildman–Crippen LogP) is 6.40. The minimum absolute atomic E-state index is 0.0661. The fourth-order valence-electron chi connectivity index (χ4n) is 3.94. The van der Waals surface area contributed by atoms with Gasteiger partial charge >= 0.3 is 6.18 Å². The topological polar surface area (TPSA) is 78.9 Å². The van der Waals surface area contributed by atoms with E-state index in [1.165, 1.54) is 22.8 Å². The van der Waals surface area contributed by atoms with E-state index < -0.39 is 17.3 Å². The van der Waals surface area contributed by atoms with Crippen LogP contribution in [0, 0.1) is 0 Å². The number of halogens is 4. The van der Waals surface area contributed by atoms with Gasteiger partial charge in [-0.3, -0.25) is 0 Å². The van der Waals surface area contributed by atoms with Gasteiger partial charge in [0.05, 0.1) is 11.1 Å². The highest BCUT2D eigenvalue weighted by atomic mass is 35.5. The van der Waals surface area contributed by atoms with E-state index in [0.29, 0.717) is 33.9 Å². The number of aromatic nitrogens is 5. The van der Waals surface area contributed by atoms with E-state index in [4.69, 9.17) is 20.9 Å². The fourth-order valence-corrected chi connectivity index (χ4v) is 4.11. The Kier molecular flexibility index (Phi) is 5.58. The molecule has 0 atom stereocenters. The first-order chi connectivity index (χ1) is 16.5. The summed E-state index contributed by atoms with van der Waals surface area (Å²) in [4.78, 5) is 4.48. The van der Waals surface area contributed by atoms with Crippen LogP contribution in [0.4, 0.5) is 13.2 Å². The van der Waals surface area contributed by atoms with E-state index in [0.717, 1.165) is 18.9 Å². The maximum atomic E-state index is 13.6. The van der Waals surface area contributed by atoms with Crippen LogP contribution in [0.1, 0.15) is 49.9 Å². The van der Waals surface area contributed by atoms with Gasteiger partial charge in [0.25, 0.3) is 0 Å². The molecule has 0 radical (unpaired) electrons. The van der Waals surface area contributed by atoms with Crippen molar-refractivity contribution in [2.45, 2.75) is 44.4 Å². The molecule has 2 aromatic heterocycles. The van der Waals surface area contributed by atoms with Crippen LogP contribution in [0.25, 0.3) is 22.8 Å². The smallest absolute Gasteiger partial charge is 0.417 e. The van der Waals surface area contributed by atoms with E-state index in [1.807, 2.05) is 0 Å². The Hall–Kier alpha value is -3.40. The molecule has 1 aliphatic rings. The molecule has 4 aromatic rings. The highest BCUT2D eigenvalue weighted by molar-refractivity contribution is 6.30. The predicted molar refractivity (Wildman–Crippen MR) is 122 cm³/mol. The minimum Gasteiger partial charge on any atom is -0.479 e. The monoisotopic (exact) mass is 503 g/mol. The molecule has 7 nitrogen and oxygen atoms in total. The summed E-state index contributed by atoms with van der Waals surface area (Å²) in [6.45, 7) is 3.50. The van der Waals surface area contributed by atoms with E-state index in [-0.39, 0.29) is 17.3 Å². The number of hydrogen-bond acceptors (Lipinski definition) is 6. The van der Waals surface area contributed by atoms with E-state index >= 15 is 0 Å². The van der Waals surface area contributed by atoms with Gasteiger partial charge in [0, 0.05) is 23.6 Å². The number of alkyl halides is 3. The summed E-state index contributed by atoms with van der Waals surface area (Å²) >= 11 is 6.22. The lowest BCUT2D eigenvalue weighted by molar-refractivity contribution is -0.137. The molecule has 2 heterocycles. The van der Waals surface area contributed by atoms with Gasteiger partial charge in [-0.1, -0.05) is 35.0 Å². The highest BCUT2D eigenvalue weighted by Gasteiger charge is 2.37. The number of rotatable bonds is 6. The van der Waals surface area contributed by atoms with Crippen LogP contribution < -0.4 is 4.74 Å². The number of hydrogen-bond donors (Lipinski definition) is 0. The van der Waals surface area contributed by atoms with Gasteiger partial charge in [-0.25, -0.2) is 0 Å². The molecule has 0 saturated heterocycles. The Morgan fingerprint density at radius 1 is 1.06 bits per heavy atom. The SMILES string of the molecule is Cn1c(-c2ccccc2C(F)(F)F)nnc1C(C)(C)Oc1ccc(Cl)cc1-c1noc(C2CC2)n1. The third-order valence-electron chi connectivity index (χ3n) is 5.80.